The first-order valence-electron chi connectivity index (χ1n) is 9.99. The standard InChI is InChI=1S/C23H15F6N3O3/c24-14-2-1-3-15(25)19(14)20-16(26)4-5-17(31-20)21(34)32-18-11-30-8-6-13(18)22(23(27,28)29)10-12(33)7-9-35-22/h1-9,11-12,33H,10H2,(H,32,34). The molecule has 2 aromatic heterocycles. The lowest BCUT2D eigenvalue weighted by molar-refractivity contribution is -0.279. The molecule has 0 fully saturated rings. The van der Waals surface area contributed by atoms with Crippen LogP contribution in [0.4, 0.5) is 32.0 Å². The summed E-state index contributed by atoms with van der Waals surface area (Å²) < 4.78 is 89.9. The van der Waals surface area contributed by atoms with Crippen LogP contribution in [0.3, 0.4) is 0 Å². The minimum absolute atomic E-state index is 0.429. The van der Waals surface area contributed by atoms with E-state index < -0.39 is 75.9 Å². The molecule has 0 bridgehead atoms. The number of pyridine rings is 2. The highest BCUT2D eigenvalue weighted by Gasteiger charge is 2.60. The molecule has 12 heteroatoms. The Morgan fingerprint density at radius 2 is 1.80 bits per heavy atom. The van der Waals surface area contributed by atoms with E-state index in [0.717, 1.165) is 54.9 Å². The van der Waals surface area contributed by atoms with Gasteiger partial charge in [0.05, 0.1) is 29.8 Å². The zero-order chi connectivity index (χ0) is 25.4. The molecule has 2 unspecified atom stereocenters. The summed E-state index contributed by atoms with van der Waals surface area (Å²) in [6.07, 6.45) is -3.68. The molecule has 0 aliphatic carbocycles. The molecule has 0 saturated heterocycles. The minimum atomic E-state index is -5.01. The lowest BCUT2D eigenvalue weighted by Gasteiger charge is -2.39. The van der Waals surface area contributed by atoms with E-state index in [1.165, 1.54) is 0 Å². The summed E-state index contributed by atoms with van der Waals surface area (Å²) in [5.41, 5.74) is -6.14. The van der Waals surface area contributed by atoms with Gasteiger partial charge in [0, 0.05) is 18.2 Å². The number of halogens is 6. The summed E-state index contributed by atoms with van der Waals surface area (Å²) in [5.74, 6) is -4.49. The Kier molecular flexibility index (Phi) is 6.24. The van der Waals surface area contributed by atoms with Crippen LogP contribution in [0.1, 0.15) is 22.5 Å². The molecule has 0 radical (unpaired) electrons. The van der Waals surface area contributed by atoms with Crippen LogP contribution < -0.4 is 5.32 Å². The van der Waals surface area contributed by atoms with Gasteiger partial charge in [-0.2, -0.15) is 13.2 Å². The number of nitrogens with one attached hydrogen (secondary N) is 1. The summed E-state index contributed by atoms with van der Waals surface area (Å²) in [7, 11) is 0. The summed E-state index contributed by atoms with van der Waals surface area (Å²) in [6.45, 7) is 0. The number of nitrogens with zero attached hydrogens (tertiary/aromatic N) is 2. The number of benzene rings is 1. The normalized spacial score (nSPS) is 19.8. The molecule has 0 saturated carbocycles. The molecule has 1 aliphatic heterocycles. The molecule has 35 heavy (non-hydrogen) atoms. The largest absolute Gasteiger partial charge is 0.481 e. The fraction of sp³-hybridized carbons (Fsp3) is 0.174. The molecule has 2 atom stereocenters. The number of alkyl halides is 3. The molecule has 3 heterocycles. The van der Waals surface area contributed by atoms with Gasteiger partial charge in [-0.05, 0) is 36.4 Å². The summed E-state index contributed by atoms with van der Waals surface area (Å²) in [4.78, 5) is 20.2. The number of aliphatic hydroxyl groups excluding tert-OH is 1. The second-order valence-corrected chi connectivity index (χ2v) is 7.54. The van der Waals surface area contributed by atoms with E-state index >= 15 is 0 Å². The first kappa shape index (κ1) is 24.2. The summed E-state index contributed by atoms with van der Waals surface area (Å²) in [5, 5.41) is 12.1. The van der Waals surface area contributed by atoms with Crippen LogP contribution in [0, 0.1) is 17.5 Å². The number of carbonyl (C=O) groups excluding carboxylic acids is 1. The van der Waals surface area contributed by atoms with Gasteiger partial charge >= 0.3 is 6.18 Å². The van der Waals surface area contributed by atoms with E-state index in [-0.39, 0.29) is 0 Å². The number of rotatable bonds is 4. The van der Waals surface area contributed by atoms with Crippen molar-refractivity contribution in [3.8, 4) is 11.3 Å². The van der Waals surface area contributed by atoms with Crippen molar-refractivity contribution in [3.63, 3.8) is 0 Å². The smallest absolute Gasteiger partial charge is 0.432 e. The van der Waals surface area contributed by atoms with Crippen molar-refractivity contribution < 1.29 is 41.0 Å². The third-order valence-electron chi connectivity index (χ3n) is 5.31. The summed E-state index contributed by atoms with van der Waals surface area (Å²) >= 11 is 0. The van der Waals surface area contributed by atoms with Crippen molar-refractivity contribution in [1.29, 1.82) is 0 Å². The molecule has 1 aliphatic rings. The first-order valence-corrected chi connectivity index (χ1v) is 9.99. The predicted octanol–water partition coefficient (Wildman–Crippen LogP) is 4.87. The first-order chi connectivity index (χ1) is 16.5. The fourth-order valence-electron chi connectivity index (χ4n) is 3.67. The van der Waals surface area contributed by atoms with Crippen LogP contribution in [0.5, 0.6) is 0 Å². The number of ether oxygens (including phenoxy) is 1. The van der Waals surface area contributed by atoms with E-state index in [9.17, 15) is 36.2 Å². The maximum atomic E-state index is 14.3. The highest BCUT2D eigenvalue weighted by Crippen LogP contribution is 2.49. The van der Waals surface area contributed by atoms with Crippen LogP contribution >= 0.6 is 0 Å². The van der Waals surface area contributed by atoms with E-state index in [4.69, 9.17) is 4.74 Å². The summed E-state index contributed by atoms with van der Waals surface area (Å²) in [6, 6.07) is 5.41. The fourth-order valence-corrected chi connectivity index (χ4v) is 3.67. The van der Waals surface area contributed by atoms with Gasteiger partial charge < -0.3 is 15.2 Å². The van der Waals surface area contributed by atoms with Gasteiger partial charge in [-0.1, -0.05) is 6.07 Å². The van der Waals surface area contributed by atoms with Crippen LogP contribution in [0.2, 0.25) is 0 Å². The van der Waals surface area contributed by atoms with Crippen LogP contribution in [0.15, 0.2) is 61.1 Å². The molecule has 2 N–H and O–H groups in total. The van der Waals surface area contributed by atoms with E-state index in [1.54, 1.807) is 0 Å². The Bertz CT molecular complexity index is 1290. The zero-order valence-electron chi connectivity index (χ0n) is 17.5. The highest BCUT2D eigenvalue weighted by atomic mass is 19.4. The number of aromatic nitrogens is 2. The predicted molar refractivity (Wildman–Crippen MR) is 110 cm³/mol. The number of anilines is 1. The Labute approximate surface area is 193 Å². The quantitative estimate of drug-likeness (QED) is 0.505. The molecular weight excluding hydrogens is 480 g/mol. The number of carbonyl (C=O) groups is 1. The van der Waals surface area contributed by atoms with Gasteiger partial charge in [0.15, 0.2) is 0 Å². The second kappa shape index (κ2) is 9.02. The van der Waals surface area contributed by atoms with Crippen LogP contribution in [-0.2, 0) is 10.3 Å². The molecule has 0 spiro atoms. The number of hydrogen-bond acceptors (Lipinski definition) is 5. The Balaban J connectivity index is 1.73. The Hall–Kier alpha value is -3.93. The van der Waals surface area contributed by atoms with Crippen LogP contribution in [-0.4, -0.2) is 33.3 Å². The molecule has 3 aromatic rings. The van der Waals surface area contributed by atoms with Crippen molar-refractivity contribution >= 4 is 11.6 Å². The van der Waals surface area contributed by atoms with Crippen molar-refractivity contribution in [2.24, 2.45) is 0 Å². The van der Waals surface area contributed by atoms with Crippen molar-refractivity contribution in [1.82, 2.24) is 9.97 Å². The third kappa shape index (κ3) is 4.44. The second-order valence-electron chi connectivity index (χ2n) is 7.54. The maximum Gasteiger partial charge on any atom is 0.432 e. The van der Waals surface area contributed by atoms with E-state index in [1.807, 2.05) is 0 Å². The number of aliphatic hydroxyl groups is 1. The number of hydrogen-bond donors (Lipinski definition) is 2. The Morgan fingerprint density at radius 3 is 2.46 bits per heavy atom. The average molecular weight is 495 g/mol. The van der Waals surface area contributed by atoms with E-state index in [2.05, 4.69) is 15.3 Å². The third-order valence-corrected chi connectivity index (χ3v) is 5.31. The monoisotopic (exact) mass is 495 g/mol. The van der Waals surface area contributed by atoms with Crippen molar-refractivity contribution in [3.05, 3.63) is 89.8 Å². The van der Waals surface area contributed by atoms with Gasteiger partial charge in [0.1, 0.15) is 28.8 Å². The molecule has 4 rings (SSSR count). The average Bonchev–Trinajstić information content (AvgIpc) is 2.79. The lowest BCUT2D eigenvalue weighted by Crippen LogP contribution is -2.48. The van der Waals surface area contributed by atoms with E-state index in [0.29, 0.717) is 6.26 Å². The van der Waals surface area contributed by atoms with Gasteiger partial charge in [0.2, 0.25) is 5.60 Å². The van der Waals surface area contributed by atoms with Gasteiger partial charge in [-0.15, -0.1) is 0 Å². The molecule has 1 aromatic carbocycles. The number of amides is 1. The highest BCUT2D eigenvalue weighted by molar-refractivity contribution is 6.03. The molecular formula is C23H15F6N3O3. The van der Waals surface area contributed by atoms with Gasteiger partial charge in [-0.25, -0.2) is 18.2 Å². The minimum Gasteiger partial charge on any atom is -0.481 e. The maximum absolute atomic E-state index is 14.3. The molecule has 182 valence electrons. The van der Waals surface area contributed by atoms with Gasteiger partial charge in [-0.3, -0.25) is 9.78 Å². The van der Waals surface area contributed by atoms with Crippen LogP contribution in [0.25, 0.3) is 11.3 Å². The topological polar surface area (TPSA) is 84.3 Å². The molecule has 6 nitrogen and oxygen atoms in total. The lowest BCUT2D eigenvalue weighted by atomic mass is 9.85. The Morgan fingerprint density at radius 1 is 1.09 bits per heavy atom. The van der Waals surface area contributed by atoms with Crippen molar-refractivity contribution in [2.75, 3.05) is 5.32 Å². The molecule has 1 amide bonds. The van der Waals surface area contributed by atoms with Gasteiger partial charge in [0.25, 0.3) is 5.91 Å². The van der Waals surface area contributed by atoms with Crippen molar-refractivity contribution in [2.45, 2.75) is 24.3 Å². The SMILES string of the molecule is O=C(Nc1cnccc1C1(C(F)(F)F)CC(O)C=CO1)c1ccc(F)c(-c2c(F)cccc2F)n1. The zero-order valence-corrected chi connectivity index (χ0v) is 17.5.